The van der Waals surface area contributed by atoms with Crippen molar-refractivity contribution < 1.29 is 9.53 Å². The Hall–Kier alpha value is -2.12. The average Bonchev–Trinajstić information content (AvgIpc) is 3.24. The van der Waals surface area contributed by atoms with Gasteiger partial charge in [0.2, 0.25) is 0 Å². The highest BCUT2D eigenvalue weighted by molar-refractivity contribution is 7.14. The summed E-state index contributed by atoms with van der Waals surface area (Å²) in [6, 6.07) is 4.46. The molecule has 0 saturated carbocycles. The molecule has 0 N–H and O–H groups in total. The molecule has 6 nitrogen and oxygen atoms in total. The van der Waals surface area contributed by atoms with Crippen molar-refractivity contribution in [2.24, 2.45) is 10.9 Å². The minimum Gasteiger partial charge on any atom is -0.460 e. The van der Waals surface area contributed by atoms with Crippen LogP contribution in [0.2, 0.25) is 0 Å². The van der Waals surface area contributed by atoms with E-state index in [1.807, 2.05) is 27.0 Å². The predicted octanol–water partition coefficient (Wildman–Crippen LogP) is 5.79. The fourth-order valence-electron chi connectivity index (χ4n) is 4.24. The van der Waals surface area contributed by atoms with Gasteiger partial charge in [-0.2, -0.15) is 0 Å². The Balaban J connectivity index is 1.58. The lowest BCUT2D eigenvalue weighted by Gasteiger charge is -2.33. The van der Waals surface area contributed by atoms with E-state index in [1.165, 1.54) is 23.1 Å². The van der Waals surface area contributed by atoms with Crippen molar-refractivity contribution in [2.75, 3.05) is 19.6 Å². The molecule has 1 aliphatic rings. The van der Waals surface area contributed by atoms with Crippen molar-refractivity contribution in [1.29, 1.82) is 0 Å². The van der Waals surface area contributed by atoms with E-state index in [4.69, 9.17) is 4.74 Å². The number of piperidine rings is 1. The Kier molecular flexibility index (Phi) is 9.37. The zero-order chi connectivity index (χ0) is 24.7. The fraction of sp³-hybridized carbons (Fsp3) is 0.630. The lowest BCUT2D eigenvalue weighted by Crippen LogP contribution is -2.38. The average molecular weight is 485 g/mol. The Morgan fingerprint density at radius 1 is 1.21 bits per heavy atom. The zero-order valence-electron chi connectivity index (χ0n) is 21.7. The van der Waals surface area contributed by atoms with Gasteiger partial charge in [-0.3, -0.25) is 14.7 Å². The third kappa shape index (κ3) is 7.70. The van der Waals surface area contributed by atoms with Crippen LogP contribution in [0.4, 0.5) is 0 Å². The van der Waals surface area contributed by atoms with E-state index in [0.717, 1.165) is 67.4 Å². The molecule has 0 aliphatic carbocycles. The van der Waals surface area contributed by atoms with E-state index >= 15 is 0 Å². The summed E-state index contributed by atoms with van der Waals surface area (Å²) in [5, 5.41) is 10.8. The number of ether oxygens (including phenoxy) is 1. The predicted molar refractivity (Wildman–Crippen MR) is 141 cm³/mol. The SMILES string of the molecule is CCCCN=CCc1nnc(-c2cc(C)c(CN3CCC(C(=O)OC(C)(C)C)CC3)c(C)c2)s1. The van der Waals surface area contributed by atoms with Crippen molar-refractivity contribution in [3.8, 4) is 10.6 Å². The molecule has 186 valence electrons. The molecular weight excluding hydrogens is 444 g/mol. The molecule has 1 fully saturated rings. The van der Waals surface area contributed by atoms with Crippen LogP contribution in [0.1, 0.15) is 75.1 Å². The summed E-state index contributed by atoms with van der Waals surface area (Å²) in [6.07, 6.45) is 6.73. The van der Waals surface area contributed by atoms with Gasteiger partial charge in [-0.1, -0.05) is 24.7 Å². The van der Waals surface area contributed by atoms with E-state index in [2.05, 4.69) is 53.0 Å². The molecule has 0 amide bonds. The molecule has 0 bridgehead atoms. The second kappa shape index (κ2) is 12.0. The number of carbonyl (C=O) groups is 1. The number of hydrogen-bond donors (Lipinski definition) is 0. The molecule has 0 unspecified atom stereocenters. The van der Waals surface area contributed by atoms with Gasteiger partial charge in [0.15, 0.2) is 0 Å². The van der Waals surface area contributed by atoms with Gasteiger partial charge in [-0.15, -0.1) is 10.2 Å². The molecule has 2 heterocycles. The van der Waals surface area contributed by atoms with Gasteiger partial charge < -0.3 is 4.74 Å². The van der Waals surface area contributed by atoms with E-state index in [-0.39, 0.29) is 11.9 Å². The summed E-state index contributed by atoms with van der Waals surface area (Å²) in [4.78, 5) is 19.3. The van der Waals surface area contributed by atoms with Crippen LogP contribution in [0.3, 0.4) is 0 Å². The van der Waals surface area contributed by atoms with Gasteiger partial charge in [0, 0.05) is 31.3 Å². The Morgan fingerprint density at radius 3 is 2.50 bits per heavy atom. The van der Waals surface area contributed by atoms with Crippen LogP contribution in [0.5, 0.6) is 0 Å². The number of rotatable bonds is 9. The molecule has 1 aromatic heterocycles. The van der Waals surface area contributed by atoms with E-state index < -0.39 is 5.60 Å². The summed E-state index contributed by atoms with van der Waals surface area (Å²) < 4.78 is 5.59. The van der Waals surface area contributed by atoms with Gasteiger partial charge in [0.25, 0.3) is 0 Å². The van der Waals surface area contributed by atoms with Crippen LogP contribution in [0, 0.1) is 19.8 Å². The van der Waals surface area contributed by atoms with Gasteiger partial charge >= 0.3 is 5.97 Å². The fourth-order valence-corrected chi connectivity index (χ4v) is 5.02. The van der Waals surface area contributed by atoms with E-state index in [1.54, 1.807) is 11.3 Å². The zero-order valence-corrected chi connectivity index (χ0v) is 22.5. The van der Waals surface area contributed by atoms with Crippen molar-refractivity contribution in [3.63, 3.8) is 0 Å². The molecule has 3 rings (SSSR count). The van der Waals surface area contributed by atoms with Crippen molar-refractivity contribution in [2.45, 2.75) is 85.8 Å². The molecule has 0 atom stereocenters. The van der Waals surface area contributed by atoms with Crippen LogP contribution >= 0.6 is 11.3 Å². The highest BCUT2D eigenvalue weighted by Gasteiger charge is 2.29. The highest BCUT2D eigenvalue weighted by Crippen LogP contribution is 2.30. The maximum Gasteiger partial charge on any atom is 0.309 e. The Bertz CT molecular complexity index is 962. The number of aromatic nitrogens is 2. The quantitative estimate of drug-likeness (QED) is 0.256. The molecular formula is C27H40N4O2S. The first-order chi connectivity index (χ1) is 16.2. The minimum atomic E-state index is -0.417. The molecule has 34 heavy (non-hydrogen) atoms. The maximum absolute atomic E-state index is 12.4. The van der Waals surface area contributed by atoms with Gasteiger partial charge in [0.1, 0.15) is 15.6 Å². The van der Waals surface area contributed by atoms with Crippen LogP contribution in [0.25, 0.3) is 10.6 Å². The topological polar surface area (TPSA) is 67.7 Å². The third-order valence-corrected chi connectivity index (χ3v) is 7.15. The van der Waals surface area contributed by atoms with E-state index in [0.29, 0.717) is 0 Å². The molecule has 7 heteroatoms. The third-order valence-electron chi connectivity index (χ3n) is 6.16. The maximum atomic E-state index is 12.4. The number of hydrogen-bond acceptors (Lipinski definition) is 7. The number of aryl methyl sites for hydroxylation is 2. The second-order valence-electron chi connectivity index (χ2n) is 10.3. The molecule has 0 spiro atoms. The number of benzene rings is 1. The second-order valence-corrected chi connectivity index (χ2v) is 11.4. The van der Waals surface area contributed by atoms with Gasteiger partial charge in [0.05, 0.1) is 5.92 Å². The van der Waals surface area contributed by atoms with Crippen LogP contribution in [-0.2, 0) is 22.5 Å². The molecule has 2 aromatic rings. The summed E-state index contributed by atoms with van der Waals surface area (Å²) in [5.74, 6) is -0.0316. The number of unbranched alkanes of at least 4 members (excludes halogenated alkanes) is 1. The summed E-state index contributed by atoms with van der Waals surface area (Å²) in [6.45, 7) is 16.0. The number of esters is 1. The lowest BCUT2D eigenvalue weighted by molar-refractivity contribution is -0.161. The first-order valence-corrected chi connectivity index (χ1v) is 13.3. The van der Waals surface area contributed by atoms with Gasteiger partial charge in [-0.05, 0) is 95.8 Å². The highest BCUT2D eigenvalue weighted by atomic mass is 32.1. The number of aliphatic imine (C=N–C) groups is 1. The first-order valence-electron chi connectivity index (χ1n) is 12.5. The number of likely N-dealkylation sites (tertiary alicyclic amines) is 1. The minimum absolute atomic E-state index is 0.0170. The van der Waals surface area contributed by atoms with Gasteiger partial charge in [-0.25, -0.2) is 0 Å². The summed E-state index contributed by atoms with van der Waals surface area (Å²) in [7, 11) is 0. The van der Waals surface area contributed by atoms with Crippen LogP contribution in [0.15, 0.2) is 17.1 Å². The lowest BCUT2D eigenvalue weighted by atomic mass is 9.94. The van der Waals surface area contributed by atoms with Crippen molar-refractivity contribution in [3.05, 3.63) is 33.8 Å². The normalized spacial score (nSPS) is 15.8. The largest absolute Gasteiger partial charge is 0.460 e. The Labute approximate surface area is 208 Å². The number of carbonyl (C=O) groups excluding carboxylic acids is 1. The standard InChI is InChI=1S/C27H40N4O2S/c1-7-8-12-28-13-9-24-29-30-25(34-24)22-16-19(2)23(20(3)17-22)18-31-14-10-21(11-15-31)26(32)33-27(4,5)6/h13,16-17,21H,7-12,14-15,18H2,1-6H3. The van der Waals surface area contributed by atoms with Crippen molar-refractivity contribution in [1.82, 2.24) is 15.1 Å². The van der Waals surface area contributed by atoms with E-state index in [9.17, 15) is 4.79 Å². The smallest absolute Gasteiger partial charge is 0.309 e. The van der Waals surface area contributed by atoms with Crippen LogP contribution in [-0.4, -0.2) is 52.5 Å². The van der Waals surface area contributed by atoms with Crippen LogP contribution < -0.4 is 0 Å². The van der Waals surface area contributed by atoms with Crippen molar-refractivity contribution >= 4 is 23.5 Å². The first kappa shape index (κ1) is 26.5. The molecule has 1 aromatic carbocycles. The molecule has 1 saturated heterocycles. The molecule has 0 radical (unpaired) electrons. The monoisotopic (exact) mass is 484 g/mol. The summed E-state index contributed by atoms with van der Waals surface area (Å²) in [5.41, 5.74) is 4.64. The molecule has 1 aliphatic heterocycles. The number of nitrogens with zero attached hydrogens (tertiary/aromatic N) is 4. The Morgan fingerprint density at radius 2 is 1.88 bits per heavy atom. The summed E-state index contributed by atoms with van der Waals surface area (Å²) >= 11 is 1.65.